The Labute approximate surface area is 118 Å². The van der Waals surface area contributed by atoms with Crippen LogP contribution in [0.15, 0.2) is 0 Å². The van der Waals surface area contributed by atoms with Crippen molar-refractivity contribution in [3.63, 3.8) is 0 Å². The molecule has 6 nitrogen and oxygen atoms in total. The molecule has 2 fully saturated rings. The second kappa shape index (κ2) is 6.58. The molecule has 2 aliphatic rings. The predicted molar refractivity (Wildman–Crippen MR) is 74.3 cm³/mol. The highest BCUT2D eigenvalue weighted by Crippen LogP contribution is 2.49. The lowest BCUT2D eigenvalue weighted by Crippen LogP contribution is -2.52. The van der Waals surface area contributed by atoms with Crippen molar-refractivity contribution >= 4 is 24.6 Å². The van der Waals surface area contributed by atoms with E-state index < -0.39 is 23.5 Å². The van der Waals surface area contributed by atoms with Gasteiger partial charge < -0.3 is 21.3 Å². The SMILES string of the molecule is CN[C@@H](CS)C(=O)O.NC1(C(=O)O)CC2CCC1C2. The molecule has 5 N–H and O–H groups in total. The van der Waals surface area contributed by atoms with Gasteiger partial charge in [0.25, 0.3) is 0 Å². The Balaban J connectivity index is 0.000000203. The van der Waals surface area contributed by atoms with Gasteiger partial charge in [-0.15, -0.1) is 0 Å². The van der Waals surface area contributed by atoms with Gasteiger partial charge in [0.2, 0.25) is 0 Å². The summed E-state index contributed by atoms with van der Waals surface area (Å²) in [5.41, 5.74) is 4.92. The summed E-state index contributed by atoms with van der Waals surface area (Å²) in [4.78, 5) is 20.8. The van der Waals surface area contributed by atoms with Crippen molar-refractivity contribution in [2.75, 3.05) is 12.8 Å². The minimum atomic E-state index is -0.872. The van der Waals surface area contributed by atoms with E-state index in [9.17, 15) is 9.59 Å². The standard InChI is InChI=1S/C8H13NO2.C4H9NO2S/c9-8(7(10)11)4-5-1-2-6(8)3-5;1-5-3(2-8)4(6)7/h5-6H,1-4,9H2,(H,10,11);3,5,8H,2H2,1H3,(H,6,7)/t;3-/m.0/s1. The fourth-order valence-electron chi connectivity index (χ4n) is 2.93. The van der Waals surface area contributed by atoms with E-state index in [0.717, 1.165) is 12.8 Å². The third-order valence-corrected chi connectivity index (χ3v) is 4.49. The van der Waals surface area contributed by atoms with Crippen LogP contribution >= 0.6 is 12.6 Å². The number of thiol groups is 1. The van der Waals surface area contributed by atoms with Gasteiger partial charge in [-0.25, -0.2) is 0 Å². The van der Waals surface area contributed by atoms with Crippen LogP contribution in [0.3, 0.4) is 0 Å². The molecule has 0 amide bonds. The van der Waals surface area contributed by atoms with E-state index in [2.05, 4.69) is 17.9 Å². The molecule has 2 bridgehead atoms. The summed E-state index contributed by atoms with van der Waals surface area (Å²) in [6, 6.07) is -0.515. The maximum atomic E-state index is 10.8. The van der Waals surface area contributed by atoms with Crippen LogP contribution in [-0.4, -0.2) is 46.5 Å². The van der Waals surface area contributed by atoms with Crippen molar-refractivity contribution in [1.82, 2.24) is 5.32 Å². The van der Waals surface area contributed by atoms with E-state index in [0.29, 0.717) is 18.1 Å². The predicted octanol–water partition coefficient (Wildman–Crippen LogP) is 0.177. The first-order valence-corrected chi connectivity index (χ1v) is 7.01. The molecule has 110 valence electrons. The molecule has 2 rings (SSSR count). The Morgan fingerprint density at radius 2 is 2.11 bits per heavy atom. The van der Waals surface area contributed by atoms with Crippen LogP contribution in [0.5, 0.6) is 0 Å². The molecule has 0 saturated heterocycles. The van der Waals surface area contributed by atoms with Crippen LogP contribution in [0.25, 0.3) is 0 Å². The summed E-state index contributed by atoms with van der Waals surface area (Å²) in [6.45, 7) is 0. The summed E-state index contributed by atoms with van der Waals surface area (Å²) in [7, 11) is 1.59. The maximum Gasteiger partial charge on any atom is 0.323 e. The topological polar surface area (TPSA) is 113 Å². The highest BCUT2D eigenvalue weighted by Gasteiger charge is 2.53. The highest BCUT2D eigenvalue weighted by atomic mass is 32.1. The second-order valence-electron chi connectivity index (χ2n) is 5.29. The second-order valence-corrected chi connectivity index (χ2v) is 5.65. The number of hydrogen-bond acceptors (Lipinski definition) is 5. The minimum absolute atomic E-state index is 0.255. The van der Waals surface area contributed by atoms with E-state index in [4.69, 9.17) is 15.9 Å². The third kappa shape index (κ3) is 3.61. The van der Waals surface area contributed by atoms with Gasteiger partial charge in [0, 0.05) is 5.75 Å². The lowest BCUT2D eigenvalue weighted by atomic mass is 9.82. The molecule has 0 spiro atoms. The molecule has 0 heterocycles. The molecule has 2 aliphatic carbocycles. The van der Waals surface area contributed by atoms with Crippen molar-refractivity contribution in [2.45, 2.75) is 37.3 Å². The molecule has 4 atom stereocenters. The quantitative estimate of drug-likeness (QED) is 0.472. The molecule has 3 unspecified atom stereocenters. The normalized spacial score (nSPS) is 33.4. The number of fused-ring (bicyclic) bond motifs is 2. The molecule has 2 saturated carbocycles. The largest absolute Gasteiger partial charge is 0.480 e. The minimum Gasteiger partial charge on any atom is -0.480 e. The average molecular weight is 290 g/mol. The lowest BCUT2D eigenvalue weighted by molar-refractivity contribution is -0.145. The molecule has 7 heteroatoms. The monoisotopic (exact) mass is 290 g/mol. The Kier molecular flexibility index (Phi) is 5.64. The number of hydrogen-bond donors (Lipinski definition) is 5. The van der Waals surface area contributed by atoms with Crippen LogP contribution in [0, 0.1) is 11.8 Å². The number of aliphatic carboxylic acids is 2. The molecule has 0 aromatic heterocycles. The Bertz CT molecular complexity index is 349. The van der Waals surface area contributed by atoms with Gasteiger partial charge in [-0.05, 0) is 38.1 Å². The molecule has 0 radical (unpaired) electrons. The molecule has 19 heavy (non-hydrogen) atoms. The molecular weight excluding hydrogens is 268 g/mol. The number of likely N-dealkylation sites (N-methyl/N-ethyl adjacent to an activating group) is 1. The third-order valence-electron chi connectivity index (χ3n) is 4.12. The maximum absolute atomic E-state index is 10.8. The Hall–Kier alpha value is -0.790. The van der Waals surface area contributed by atoms with Gasteiger partial charge in [0.1, 0.15) is 11.6 Å². The van der Waals surface area contributed by atoms with E-state index in [-0.39, 0.29) is 5.92 Å². The number of carboxylic acids is 2. The van der Waals surface area contributed by atoms with Gasteiger partial charge in [-0.3, -0.25) is 9.59 Å². The van der Waals surface area contributed by atoms with Crippen molar-refractivity contribution in [3.8, 4) is 0 Å². The number of nitrogens with one attached hydrogen (secondary N) is 1. The van der Waals surface area contributed by atoms with Gasteiger partial charge in [0.05, 0.1) is 0 Å². The number of carboxylic acid groups (broad SMARTS) is 2. The zero-order valence-electron chi connectivity index (χ0n) is 11.0. The summed E-state index contributed by atoms with van der Waals surface area (Å²) in [5.74, 6) is -0.482. The first-order chi connectivity index (χ1) is 8.85. The van der Waals surface area contributed by atoms with Gasteiger partial charge in [-0.2, -0.15) is 12.6 Å². The Morgan fingerprint density at radius 3 is 2.26 bits per heavy atom. The fraction of sp³-hybridized carbons (Fsp3) is 0.833. The highest BCUT2D eigenvalue weighted by molar-refractivity contribution is 7.80. The van der Waals surface area contributed by atoms with Crippen molar-refractivity contribution in [3.05, 3.63) is 0 Å². The molecule has 0 aromatic carbocycles. The van der Waals surface area contributed by atoms with Crippen molar-refractivity contribution in [2.24, 2.45) is 17.6 Å². The van der Waals surface area contributed by atoms with E-state index in [1.807, 2.05) is 0 Å². The molecular formula is C12H22N2O4S. The van der Waals surface area contributed by atoms with Gasteiger partial charge in [-0.1, -0.05) is 6.42 Å². The van der Waals surface area contributed by atoms with Gasteiger partial charge in [0.15, 0.2) is 0 Å². The van der Waals surface area contributed by atoms with Crippen LogP contribution < -0.4 is 11.1 Å². The fourth-order valence-corrected chi connectivity index (χ4v) is 3.27. The van der Waals surface area contributed by atoms with Crippen LogP contribution in [0.4, 0.5) is 0 Å². The zero-order valence-corrected chi connectivity index (χ0v) is 11.9. The summed E-state index contributed by atoms with van der Waals surface area (Å²) in [5, 5.41) is 19.7. The molecule has 0 aromatic rings. The summed E-state index contributed by atoms with van der Waals surface area (Å²) >= 11 is 3.79. The lowest BCUT2D eigenvalue weighted by Gasteiger charge is -2.28. The van der Waals surface area contributed by atoms with Gasteiger partial charge >= 0.3 is 11.9 Å². The first kappa shape index (κ1) is 16.3. The number of nitrogens with two attached hydrogens (primary N) is 1. The first-order valence-electron chi connectivity index (χ1n) is 6.38. The summed E-state index contributed by atoms with van der Waals surface area (Å²) < 4.78 is 0. The zero-order chi connectivity index (χ0) is 14.6. The Morgan fingerprint density at radius 1 is 1.47 bits per heavy atom. The van der Waals surface area contributed by atoms with E-state index in [1.165, 1.54) is 6.42 Å². The van der Waals surface area contributed by atoms with Crippen molar-refractivity contribution < 1.29 is 19.8 Å². The summed E-state index contributed by atoms with van der Waals surface area (Å²) in [6.07, 6.45) is 3.96. The average Bonchev–Trinajstić information content (AvgIpc) is 2.91. The van der Waals surface area contributed by atoms with Crippen LogP contribution in [-0.2, 0) is 9.59 Å². The van der Waals surface area contributed by atoms with Crippen LogP contribution in [0.1, 0.15) is 25.7 Å². The van der Waals surface area contributed by atoms with E-state index in [1.54, 1.807) is 7.05 Å². The van der Waals surface area contributed by atoms with E-state index >= 15 is 0 Å². The van der Waals surface area contributed by atoms with Crippen LogP contribution in [0.2, 0.25) is 0 Å². The molecule has 0 aliphatic heterocycles. The number of rotatable bonds is 4. The number of carbonyl (C=O) groups is 2. The van der Waals surface area contributed by atoms with Crippen molar-refractivity contribution in [1.29, 1.82) is 0 Å². The smallest absolute Gasteiger partial charge is 0.323 e.